The maximum absolute atomic E-state index is 2.55. The monoisotopic (exact) mass is 723 g/mol. The van der Waals surface area contributed by atoms with Crippen LogP contribution in [0, 0.1) is 0 Å². The lowest BCUT2D eigenvalue weighted by Gasteiger charge is -2.41. The van der Waals surface area contributed by atoms with E-state index in [1.165, 1.54) is 103 Å². The van der Waals surface area contributed by atoms with Crippen LogP contribution in [0.3, 0.4) is 0 Å². The average molecular weight is 724 g/mol. The molecular weight excluding hydrogens is 691 g/mol. The van der Waals surface area contributed by atoms with E-state index >= 15 is 0 Å². The maximum atomic E-state index is 2.55. The van der Waals surface area contributed by atoms with Crippen molar-refractivity contribution in [1.82, 2.24) is 0 Å². The van der Waals surface area contributed by atoms with Crippen LogP contribution < -0.4 is 4.90 Å². The smallest absolute Gasteiger partial charge is 0.0719 e. The van der Waals surface area contributed by atoms with Gasteiger partial charge >= 0.3 is 0 Å². The van der Waals surface area contributed by atoms with E-state index in [0.29, 0.717) is 0 Å². The zero-order valence-corrected chi connectivity index (χ0v) is 31.1. The molecule has 1 nitrogen and oxygen atoms in total. The topological polar surface area (TPSA) is 3.24 Å². The minimum absolute atomic E-state index is 0.420. The predicted molar refractivity (Wildman–Crippen MR) is 227 cm³/mol. The van der Waals surface area contributed by atoms with Crippen molar-refractivity contribution in [2.75, 3.05) is 4.90 Å². The Kier molecular flexibility index (Phi) is 6.55. The average Bonchev–Trinajstić information content (AvgIpc) is 3.75. The number of hydrogen-bond donors (Lipinski definition) is 0. The van der Waals surface area contributed by atoms with E-state index < -0.39 is 5.41 Å². The third kappa shape index (κ3) is 4.22. The van der Waals surface area contributed by atoms with Crippen molar-refractivity contribution in [3.63, 3.8) is 0 Å². The third-order valence-electron chi connectivity index (χ3n) is 12.0. The van der Waals surface area contributed by atoms with E-state index in [2.05, 4.69) is 181 Å². The molecule has 1 aromatic heterocycles. The zero-order chi connectivity index (χ0) is 35.4. The van der Waals surface area contributed by atoms with Crippen molar-refractivity contribution in [3.8, 4) is 11.1 Å². The van der Waals surface area contributed by atoms with Gasteiger partial charge in [0.1, 0.15) is 0 Å². The molecule has 1 spiro atoms. The van der Waals surface area contributed by atoms with E-state index in [4.69, 9.17) is 0 Å². The summed E-state index contributed by atoms with van der Waals surface area (Å²) in [5.74, 6) is 0. The number of hydrogen-bond acceptors (Lipinski definition) is 3. The zero-order valence-electron chi connectivity index (χ0n) is 29.4. The van der Waals surface area contributed by atoms with Crippen molar-refractivity contribution < 1.29 is 0 Å². The maximum Gasteiger partial charge on any atom is 0.0719 e. The molecule has 9 aromatic rings. The lowest BCUT2D eigenvalue weighted by molar-refractivity contribution is 0.722. The van der Waals surface area contributed by atoms with Crippen molar-refractivity contribution in [2.24, 2.45) is 0 Å². The fraction of sp³-hybridized carbons (Fsp3) is 0.0588. The van der Waals surface area contributed by atoms with Crippen molar-refractivity contribution in [2.45, 2.75) is 28.0 Å². The van der Waals surface area contributed by atoms with Gasteiger partial charge in [-0.2, -0.15) is 0 Å². The van der Waals surface area contributed by atoms with E-state index in [9.17, 15) is 0 Å². The summed E-state index contributed by atoms with van der Waals surface area (Å²) in [4.78, 5) is 5.26. The summed E-state index contributed by atoms with van der Waals surface area (Å²) >= 11 is 3.78. The number of anilines is 3. The number of benzene rings is 8. The van der Waals surface area contributed by atoms with Gasteiger partial charge in [-0.25, -0.2) is 0 Å². The summed E-state index contributed by atoms with van der Waals surface area (Å²) in [6.45, 7) is 0. The van der Waals surface area contributed by atoms with Crippen LogP contribution in [0.4, 0.5) is 17.1 Å². The molecule has 2 heterocycles. The van der Waals surface area contributed by atoms with Gasteiger partial charge in [0.15, 0.2) is 0 Å². The second kappa shape index (κ2) is 11.6. The van der Waals surface area contributed by atoms with E-state index in [1.54, 1.807) is 0 Å². The molecule has 12 rings (SSSR count). The highest BCUT2D eigenvalue weighted by Gasteiger charge is 2.49. The Hall–Kier alpha value is -5.87. The number of nitrogens with zero attached hydrogens (tertiary/aromatic N) is 1. The van der Waals surface area contributed by atoms with E-state index in [-0.39, 0.29) is 0 Å². The molecule has 54 heavy (non-hydrogen) atoms. The molecule has 0 radical (unpaired) electrons. The molecule has 0 N–H and O–H groups in total. The molecule has 0 saturated heterocycles. The first kappa shape index (κ1) is 30.6. The molecule has 254 valence electrons. The molecule has 0 unspecified atom stereocenters. The lowest BCUT2D eigenvalue weighted by Crippen LogP contribution is -2.34. The Morgan fingerprint density at radius 3 is 1.89 bits per heavy atom. The van der Waals surface area contributed by atoms with Gasteiger partial charge in [-0.1, -0.05) is 133 Å². The molecule has 0 fully saturated rings. The van der Waals surface area contributed by atoms with Crippen molar-refractivity contribution in [1.29, 1.82) is 0 Å². The molecule has 3 heteroatoms. The molecular formula is C51H33NS2. The highest BCUT2D eigenvalue weighted by molar-refractivity contribution is 7.99. The predicted octanol–water partition coefficient (Wildman–Crippen LogP) is 13.8. The first-order chi connectivity index (χ1) is 26.8. The van der Waals surface area contributed by atoms with Crippen LogP contribution in [0.25, 0.3) is 31.3 Å². The van der Waals surface area contributed by atoms with Gasteiger partial charge in [-0.3, -0.25) is 0 Å². The van der Waals surface area contributed by atoms with Gasteiger partial charge in [-0.05, 0) is 123 Å². The summed E-state index contributed by atoms with van der Waals surface area (Å²) in [6, 6.07) is 66.5. The molecule has 3 aliphatic rings. The summed E-state index contributed by atoms with van der Waals surface area (Å²) in [5, 5.41) is 2.62. The molecule has 0 atom stereocenters. The Balaban J connectivity index is 1.14. The Morgan fingerprint density at radius 1 is 0.426 bits per heavy atom. The van der Waals surface area contributed by atoms with Gasteiger partial charge in [-0.15, -0.1) is 11.3 Å². The van der Waals surface area contributed by atoms with Gasteiger partial charge < -0.3 is 4.90 Å². The Bertz CT molecular complexity index is 2960. The normalized spacial score (nSPS) is 14.2. The highest BCUT2D eigenvalue weighted by atomic mass is 32.2. The van der Waals surface area contributed by atoms with Crippen LogP contribution in [-0.2, 0) is 18.3 Å². The second-order valence-electron chi connectivity index (χ2n) is 14.8. The number of thiophene rings is 1. The second-order valence-corrected chi connectivity index (χ2v) is 16.9. The molecule has 1 aliphatic heterocycles. The van der Waals surface area contributed by atoms with Crippen molar-refractivity contribution >= 4 is 60.3 Å². The summed E-state index contributed by atoms with van der Waals surface area (Å²) < 4.78 is 2.63. The summed E-state index contributed by atoms with van der Waals surface area (Å²) in [6.07, 6.45) is 1.85. The van der Waals surface area contributed by atoms with Crippen LogP contribution in [0.2, 0.25) is 0 Å². The molecule has 0 saturated carbocycles. The van der Waals surface area contributed by atoms with E-state index in [0.717, 1.165) is 12.8 Å². The van der Waals surface area contributed by atoms with E-state index in [1.807, 2.05) is 23.1 Å². The largest absolute Gasteiger partial charge is 0.310 e. The Morgan fingerprint density at radius 2 is 1.04 bits per heavy atom. The first-order valence-electron chi connectivity index (χ1n) is 18.8. The SMILES string of the molecule is c1ccc2c(c1)Cc1cc(N(c3ccc4c(c3)C3(c5ccccc5C4)c4ccccc4-c4ccccc43)c3cccc4sc5ccccc5c34)ccc1S2. The quantitative estimate of drug-likeness (QED) is 0.179. The molecule has 2 aliphatic carbocycles. The Labute approximate surface area is 323 Å². The molecule has 8 aromatic carbocycles. The van der Waals surface area contributed by atoms with Crippen molar-refractivity contribution in [3.05, 3.63) is 220 Å². The molecule has 0 bridgehead atoms. The van der Waals surface area contributed by atoms with Gasteiger partial charge in [0, 0.05) is 41.3 Å². The fourth-order valence-corrected chi connectivity index (χ4v) is 12.0. The van der Waals surface area contributed by atoms with Gasteiger partial charge in [0.25, 0.3) is 0 Å². The minimum Gasteiger partial charge on any atom is -0.310 e. The van der Waals surface area contributed by atoms with Crippen LogP contribution in [0.15, 0.2) is 186 Å². The fourth-order valence-electron chi connectivity index (χ4n) is 9.80. The number of fused-ring (bicyclic) bond motifs is 14. The summed E-state index contributed by atoms with van der Waals surface area (Å²) in [5.41, 5.74) is 16.9. The first-order valence-corrected chi connectivity index (χ1v) is 20.4. The third-order valence-corrected chi connectivity index (χ3v) is 14.4. The van der Waals surface area contributed by atoms with Gasteiger partial charge in [0.05, 0.1) is 11.1 Å². The van der Waals surface area contributed by atoms with Gasteiger partial charge in [0.2, 0.25) is 0 Å². The van der Waals surface area contributed by atoms with Crippen LogP contribution >= 0.6 is 23.1 Å². The molecule has 0 amide bonds. The van der Waals surface area contributed by atoms with Crippen LogP contribution in [-0.4, -0.2) is 0 Å². The lowest BCUT2D eigenvalue weighted by atomic mass is 9.61. The highest BCUT2D eigenvalue weighted by Crippen LogP contribution is 2.60. The summed E-state index contributed by atoms with van der Waals surface area (Å²) in [7, 11) is 0. The standard InChI is InChI=1S/C51H33NS2/c1-6-17-41-32(12-1)28-33-24-25-37(31-44(33)51(41)42-18-7-3-14-38(42)39-15-4-8-19-43(39)51)52(45-20-11-23-49-50(45)40-16-5-10-22-48(40)54-49)36-26-27-47-35(30-36)29-34-13-2-9-21-46(34)53-47/h1-27,30-31H,28-29H2. The van der Waals surface area contributed by atoms with Crippen LogP contribution in [0.5, 0.6) is 0 Å². The minimum atomic E-state index is -0.420. The number of rotatable bonds is 3. The van der Waals surface area contributed by atoms with Crippen LogP contribution in [0.1, 0.15) is 44.5 Å².